The standard InChI is InChI=1S/C29H29N5O/c1-2-3-9-25-19-32(29(35)34(25)28-11-6-8-24-7-4-5-10-27(24)28)20-26-17-31-21-33(26)18-23-14-12-22(16-30)13-15-23/h4-8,10-15,17,21,25H,2-3,9,18-20H2,1H3. The highest BCUT2D eigenvalue weighted by Crippen LogP contribution is 2.34. The third-order valence-corrected chi connectivity index (χ3v) is 6.78. The fourth-order valence-electron chi connectivity index (χ4n) is 4.93. The zero-order chi connectivity index (χ0) is 24.2. The minimum absolute atomic E-state index is 0.0496. The molecule has 0 bridgehead atoms. The number of carbonyl (C=O) groups is 1. The van der Waals surface area contributed by atoms with Gasteiger partial charge in [0.1, 0.15) is 0 Å². The number of hydrogen-bond donors (Lipinski definition) is 0. The second-order valence-electron chi connectivity index (χ2n) is 9.15. The van der Waals surface area contributed by atoms with Gasteiger partial charge in [-0.3, -0.25) is 4.90 Å². The number of benzene rings is 3. The SMILES string of the molecule is CCCCC1CN(Cc2cncn2Cc2ccc(C#N)cc2)C(=O)N1c1cccc2ccccc12. The van der Waals surface area contributed by atoms with Crippen molar-refractivity contribution in [3.05, 3.63) is 96.1 Å². The molecule has 0 radical (unpaired) electrons. The van der Waals surface area contributed by atoms with Crippen LogP contribution in [0.1, 0.15) is 43.0 Å². The number of fused-ring (bicyclic) bond motifs is 1. The maximum atomic E-state index is 13.8. The van der Waals surface area contributed by atoms with Crippen molar-refractivity contribution in [3.8, 4) is 6.07 Å². The van der Waals surface area contributed by atoms with Crippen LogP contribution in [0.25, 0.3) is 10.8 Å². The molecule has 0 spiro atoms. The second kappa shape index (κ2) is 10.0. The van der Waals surface area contributed by atoms with Gasteiger partial charge in [0.2, 0.25) is 0 Å². The van der Waals surface area contributed by atoms with Gasteiger partial charge in [0.15, 0.2) is 0 Å². The van der Waals surface area contributed by atoms with Gasteiger partial charge < -0.3 is 9.47 Å². The first-order valence-electron chi connectivity index (χ1n) is 12.2. The highest BCUT2D eigenvalue weighted by molar-refractivity contribution is 6.04. The predicted molar refractivity (Wildman–Crippen MR) is 138 cm³/mol. The quantitative estimate of drug-likeness (QED) is 0.324. The largest absolute Gasteiger partial charge is 0.329 e. The molecule has 2 heterocycles. The summed E-state index contributed by atoms with van der Waals surface area (Å²) in [7, 11) is 0. The van der Waals surface area contributed by atoms with E-state index in [1.54, 1.807) is 0 Å². The van der Waals surface area contributed by atoms with Crippen LogP contribution >= 0.6 is 0 Å². The number of anilines is 1. The summed E-state index contributed by atoms with van der Waals surface area (Å²) in [6, 6.07) is 24.4. The Kier molecular flexibility index (Phi) is 6.49. The lowest BCUT2D eigenvalue weighted by molar-refractivity contribution is 0.217. The Balaban J connectivity index is 1.40. The second-order valence-corrected chi connectivity index (χ2v) is 9.15. The van der Waals surface area contributed by atoms with Crippen molar-refractivity contribution in [1.82, 2.24) is 14.5 Å². The third kappa shape index (κ3) is 4.63. The summed E-state index contributed by atoms with van der Waals surface area (Å²) < 4.78 is 2.08. The van der Waals surface area contributed by atoms with Gasteiger partial charge in [-0.2, -0.15) is 5.26 Å². The molecule has 6 nitrogen and oxygen atoms in total. The summed E-state index contributed by atoms with van der Waals surface area (Å²) in [5, 5.41) is 11.3. The summed E-state index contributed by atoms with van der Waals surface area (Å²) in [4.78, 5) is 22.1. The van der Waals surface area contributed by atoms with Crippen molar-refractivity contribution in [2.75, 3.05) is 11.4 Å². The minimum Gasteiger partial charge on any atom is -0.329 e. The van der Waals surface area contributed by atoms with Gasteiger partial charge in [0.25, 0.3) is 0 Å². The molecule has 6 heteroatoms. The van der Waals surface area contributed by atoms with Crippen molar-refractivity contribution in [1.29, 1.82) is 5.26 Å². The van der Waals surface area contributed by atoms with Gasteiger partial charge in [-0.15, -0.1) is 0 Å². The first-order chi connectivity index (χ1) is 17.2. The Hall–Kier alpha value is -4.11. The lowest BCUT2D eigenvalue weighted by Gasteiger charge is -2.25. The number of aromatic nitrogens is 2. The molecule has 1 unspecified atom stereocenters. The highest BCUT2D eigenvalue weighted by Gasteiger charge is 2.38. The first kappa shape index (κ1) is 22.7. The number of carbonyl (C=O) groups excluding carboxylic acids is 1. The van der Waals surface area contributed by atoms with Gasteiger partial charge in [-0.1, -0.05) is 68.3 Å². The number of hydrogen-bond acceptors (Lipinski definition) is 3. The summed E-state index contributed by atoms with van der Waals surface area (Å²) >= 11 is 0. The summed E-state index contributed by atoms with van der Waals surface area (Å²) in [6.45, 7) is 4.05. The Morgan fingerprint density at radius 3 is 2.63 bits per heavy atom. The van der Waals surface area contributed by atoms with Crippen molar-refractivity contribution in [3.63, 3.8) is 0 Å². The molecule has 1 fully saturated rings. The Labute approximate surface area is 206 Å². The van der Waals surface area contributed by atoms with E-state index in [0.29, 0.717) is 25.2 Å². The van der Waals surface area contributed by atoms with Crippen LogP contribution in [0.15, 0.2) is 79.3 Å². The highest BCUT2D eigenvalue weighted by atomic mass is 16.2. The molecule has 0 saturated carbocycles. The number of nitriles is 1. The van der Waals surface area contributed by atoms with E-state index in [1.807, 2.05) is 64.8 Å². The van der Waals surface area contributed by atoms with E-state index < -0.39 is 0 Å². The monoisotopic (exact) mass is 463 g/mol. The maximum Gasteiger partial charge on any atom is 0.325 e. The van der Waals surface area contributed by atoms with E-state index >= 15 is 0 Å². The van der Waals surface area contributed by atoms with Gasteiger partial charge in [0, 0.05) is 24.7 Å². The number of urea groups is 1. The molecule has 2 amide bonds. The van der Waals surface area contributed by atoms with E-state index in [1.165, 1.54) is 0 Å². The van der Waals surface area contributed by atoms with Crippen molar-refractivity contribution >= 4 is 22.5 Å². The van der Waals surface area contributed by atoms with E-state index in [2.05, 4.69) is 46.8 Å². The molecule has 4 aromatic rings. The van der Waals surface area contributed by atoms with Crippen LogP contribution in [-0.4, -0.2) is 33.1 Å². The van der Waals surface area contributed by atoms with Crippen LogP contribution in [0, 0.1) is 11.3 Å². The fraction of sp³-hybridized carbons (Fsp3) is 0.276. The molecule has 176 valence electrons. The molecule has 0 N–H and O–H groups in total. The number of nitrogens with zero attached hydrogens (tertiary/aromatic N) is 5. The van der Waals surface area contributed by atoms with Crippen molar-refractivity contribution < 1.29 is 4.79 Å². The predicted octanol–water partition coefficient (Wildman–Crippen LogP) is 5.96. The van der Waals surface area contributed by atoms with E-state index in [9.17, 15) is 4.79 Å². The van der Waals surface area contributed by atoms with Gasteiger partial charge in [-0.05, 0) is 35.6 Å². The molecule has 1 atom stereocenters. The van der Waals surface area contributed by atoms with Crippen LogP contribution < -0.4 is 4.90 Å². The molecule has 1 aliphatic heterocycles. The Morgan fingerprint density at radius 2 is 1.83 bits per heavy atom. The molecular weight excluding hydrogens is 434 g/mol. The first-order valence-corrected chi connectivity index (χ1v) is 12.2. The number of rotatable bonds is 8. The van der Waals surface area contributed by atoms with Crippen molar-refractivity contribution in [2.24, 2.45) is 0 Å². The summed E-state index contributed by atoms with van der Waals surface area (Å²) in [5.74, 6) is 0. The van der Waals surface area contributed by atoms with Gasteiger partial charge in [0.05, 0.1) is 41.9 Å². The molecule has 1 saturated heterocycles. The summed E-state index contributed by atoms with van der Waals surface area (Å²) in [6.07, 6.45) is 6.82. The van der Waals surface area contributed by atoms with Crippen molar-refractivity contribution in [2.45, 2.75) is 45.3 Å². The number of amides is 2. The van der Waals surface area contributed by atoms with Crippen LogP contribution in [0.3, 0.4) is 0 Å². The number of unbranched alkanes of at least 4 members (excludes halogenated alkanes) is 1. The van der Waals surface area contributed by atoms with Gasteiger partial charge >= 0.3 is 6.03 Å². The molecule has 0 aliphatic carbocycles. The van der Waals surface area contributed by atoms with Gasteiger partial charge in [-0.25, -0.2) is 9.78 Å². The van der Waals surface area contributed by atoms with Crippen LogP contribution in [0.5, 0.6) is 0 Å². The fourth-order valence-corrected chi connectivity index (χ4v) is 4.93. The van der Waals surface area contributed by atoms with E-state index in [-0.39, 0.29) is 12.1 Å². The van der Waals surface area contributed by atoms with E-state index in [0.717, 1.165) is 47.0 Å². The van der Waals surface area contributed by atoms with Crippen LogP contribution in [-0.2, 0) is 13.1 Å². The Morgan fingerprint density at radius 1 is 1.03 bits per heavy atom. The zero-order valence-electron chi connectivity index (χ0n) is 20.0. The lowest BCUT2D eigenvalue weighted by atomic mass is 10.1. The molecule has 35 heavy (non-hydrogen) atoms. The third-order valence-electron chi connectivity index (χ3n) is 6.78. The molecule has 1 aliphatic rings. The summed E-state index contributed by atoms with van der Waals surface area (Å²) in [5.41, 5.74) is 3.72. The number of imidazole rings is 1. The van der Waals surface area contributed by atoms with Crippen LogP contribution in [0.2, 0.25) is 0 Å². The molecule has 5 rings (SSSR count). The normalized spacial score (nSPS) is 15.7. The average molecular weight is 464 g/mol. The maximum absolute atomic E-state index is 13.8. The van der Waals surface area contributed by atoms with E-state index in [4.69, 9.17) is 5.26 Å². The lowest BCUT2D eigenvalue weighted by Crippen LogP contribution is -2.35. The van der Waals surface area contributed by atoms with Crippen LogP contribution in [0.4, 0.5) is 10.5 Å². The molecule has 3 aromatic carbocycles. The molecular formula is C29H29N5O. The average Bonchev–Trinajstić information content (AvgIpc) is 3.46. The smallest absolute Gasteiger partial charge is 0.325 e. The Bertz CT molecular complexity index is 1360. The topological polar surface area (TPSA) is 65.2 Å². The zero-order valence-corrected chi connectivity index (χ0v) is 20.0. The molecule has 1 aromatic heterocycles. The minimum atomic E-state index is 0.0496.